The summed E-state index contributed by atoms with van der Waals surface area (Å²) in [4.78, 5) is 12.6. The molecule has 3 heteroatoms. The Morgan fingerprint density at radius 2 is 2.24 bits per heavy atom. The lowest BCUT2D eigenvalue weighted by molar-refractivity contribution is -0.160. The summed E-state index contributed by atoms with van der Waals surface area (Å²) in [6, 6.07) is 0. The van der Waals surface area contributed by atoms with Crippen LogP contribution in [0.1, 0.15) is 52.4 Å². The number of nitrogens with two attached hydrogens (primary N) is 1. The Hall–Kier alpha value is -0.410. The average molecular weight is 239 g/mol. The first-order valence-electron chi connectivity index (χ1n) is 6.94. The topological polar surface area (TPSA) is 52.3 Å². The molecule has 98 valence electrons. The molecule has 0 amide bonds. The Morgan fingerprint density at radius 1 is 1.53 bits per heavy atom. The number of Topliss-reactive ketones (excluding diaryl/α,β-unsaturated/α-hetero) is 1. The van der Waals surface area contributed by atoms with Gasteiger partial charge in [-0.15, -0.1) is 0 Å². The van der Waals surface area contributed by atoms with Gasteiger partial charge in [0.1, 0.15) is 5.78 Å². The molecule has 2 aliphatic rings. The number of hydrogen-bond acceptors (Lipinski definition) is 3. The molecular weight excluding hydrogens is 214 g/mol. The molecule has 0 aromatic carbocycles. The van der Waals surface area contributed by atoms with Crippen LogP contribution in [-0.2, 0) is 9.53 Å². The average Bonchev–Trinajstić information content (AvgIpc) is 2.35. The molecular formula is C14H25NO2. The van der Waals surface area contributed by atoms with Crippen molar-refractivity contribution in [1.29, 1.82) is 0 Å². The molecule has 1 saturated carbocycles. The third kappa shape index (κ3) is 2.27. The van der Waals surface area contributed by atoms with Crippen molar-refractivity contribution in [2.45, 2.75) is 58.0 Å². The maximum absolute atomic E-state index is 12.6. The molecule has 0 radical (unpaired) electrons. The second-order valence-corrected chi connectivity index (χ2v) is 6.06. The normalized spacial score (nSPS) is 30.6. The third-order valence-electron chi connectivity index (χ3n) is 4.95. The van der Waals surface area contributed by atoms with Gasteiger partial charge in [0.25, 0.3) is 0 Å². The highest BCUT2D eigenvalue weighted by Gasteiger charge is 2.46. The van der Waals surface area contributed by atoms with Gasteiger partial charge >= 0.3 is 0 Å². The Morgan fingerprint density at radius 3 is 2.71 bits per heavy atom. The predicted octanol–water partition coefficient (Wildman–Crippen LogP) is 2.28. The molecule has 2 N–H and O–H groups in total. The zero-order chi connectivity index (χ0) is 12.5. The van der Waals surface area contributed by atoms with Crippen LogP contribution in [0, 0.1) is 11.3 Å². The quantitative estimate of drug-likeness (QED) is 0.819. The van der Waals surface area contributed by atoms with Crippen LogP contribution < -0.4 is 5.73 Å². The van der Waals surface area contributed by atoms with Gasteiger partial charge in [-0.2, -0.15) is 0 Å². The molecule has 2 unspecified atom stereocenters. The summed E-state index contributed by atoms with van der Waals surface area (Å²) in [5, 5.41) is 0. The van der Waals surface area contributed by atoms with Crippen LogP contribution in [0.2, 0.25) is 0 Å². The van der Waals surface area contributed by atoms with Crippen molar-refractivity contribution in [2.75, 3.05) is 13.2 Å². The van der Waals surface area contributed by atoms with Crippen LogP contribution in [0.3, 0.4) is 0 Å². The molecule has 2 atom stereocenters. The zero-order valence-corrected chi connectivity index (χ0v) is 11.1. The summed E-state index contributed by atoms with van der Waals surface area (Å²) < 4.78 is 5.88. The number of carbonyl (C=O) groups excluding carboxylic acids is 1. The second kappa shape index (κ2) is 4.69. The van der Waals surface area contributed by atoms with E-state index in [1.807, 2.05) is 6.92 Å². The van der Waals surface area contributed by atoms with Crippen LogP contribution in [0.15, 0.2) is 0 Å². The highest BCUT2D eigenvalue weighted by molar-refractivity contribution is 5.87. The maximum Gasteiger partial charge on any atom is 0.143 e. The fourth-order valence-corrected chi connectivity index (χ4v) is 3.08. The third-order valence-corrected chi connectivity index (χ3v) is 4.95. The van der Waals surface area contributed by atoms with Crippen molar-refractivity contribution < 1.29 is 9.53 Å². The van der Waals surface area contributed by atoms with E-state index in [0.29, 0.717) is 12.3 Å². The van der Waals surface area contributed by atoms with Crippen molar-refractivity contribution in [3.63, 3.8) is 0 Å². The predicted molar refractivity (Wildman–Crippen MR) is 67.7 cm³/mol. The van der Waals surface area contributed by atoms with E-state index in [1.165, 1.54) is 6.42 Å². The van der Waals surface area contributed by atoms with Gasteiger partial charge in [0.05, 0.1) is 5.60 Å². The van der Waals surface area contributed by atoms with E-state index in [4.69, 9.17) is 10.5 Å². The minimum atomic E-state index is -0.326. The molecule has 2 fully saturated rings. The molecule has 0 aromatic rings. The number of ketones is 1. The largest absolute Gasteiger partial charge is 0.375 e. The minimum absolute atomic E-state index is 0.0574. The van der Waals surface area contributed by atoms with Gasteiger partial charge in [0.2, 0.25) is 0 Å². The minimum Gasteiger partial charge on any atom is -0.375 e. The molecule has 0 aromatic heterocycles. The second-order valence-electron chi connectivity index (χ2n) is 6.06. The molecule has 1 heterocycles. The van der Waals surface area contributed by atoms with E-state index >= 15 is 0 Å². The zero-order valence-electron chi connectivity index (χ0n) is 11.1. The molecule has 17 heavy (non-hydrogen) atoms. The van der Waals surface area contributed by atoms with Crippen LogP contribution in [0.25, 0.3) is 0 Å². The van der Waals surface area contributed by atoms with E-state index < -0.39 is 0 Å². The standard InChI is InChI=1S/C14H25NO2/c1-3-13(2,10-15)12(16)11-5-8-17-14(9-11)6-4-7-14/h11H,3-10,15H2,1-2H3. The molecule has 1 aliphatic carbocycles. The first-order valence-corrected chi connectivity index (χ1v) is 6.94. The Kier molecular flexibility index (Phi) is 3.60. The lowest BCUT2D eigenvalue weighted by Gasteiger charge is -2.48. The maximum atomic E-state index is 12.6. The molecule has 1 saturated heterocycles. The fourth-order valence-electron chi connectivity index (χ4n) is 3.08. The molecule has 2 rings (SSSR count). The van der Waals surface area contributed by atoms with Crippen LogP contribution >= 0.6 is 0 Å². The van der Waals surface area contributed by atoms with E-state index in [9.17, 15) is 4.79 Å². The van der Waals surface area contributed by atoms with Gasteiger partial charge in [-0.05, 0) is 38.5 Å². The van der Waals surface area contributed by atoms with Crippen molar-refractivity contribution in [2.24, 2.45) is 17.1 Å². The number of carbonyl (C=O) groups is 1. The number of ether oxygens (including phenoxy) is 1. The fraction of sp³-hybridized carbons (Fsp3) is 0.929. The first kappa shape index (κ1) is 13.0. The monoisotopic (exact) mass is 239 g/mol. The van der Waals surface area contributed by atoms with E-state index in [0.717, 1.165) is 38.7 Å². The summed E-state index contributed by atoms with van der Waals surface area (Å²) in [6.07, 6.45) is 6.19. The molecule has 0 bridgehead atoms. The van der Waals surface area contributed by atoms with Gasteiger partial charge in [-0.1, -0.05) is 13.8 Å². The number of rotatable bonds is 4. The van der Waals surface area contributed by atoms with Crippen LogP contribution in [-0.4, -0.2) is 24.5 Å². The van der Waals surface area contributed by atoms with E-state index in [2.05, 4.69) is 6.92 Å². The van der Waals surface area contributed by atoms with Crippen molar-refractivity contribution in [1.82, 2.24) is 0 Å². The smallest absolute Gasteiger partial charge is 0.143 e. The molecule has 1 spiro atoms. The van der Waals surface area contributed by atoms with Gasteiger partial charge in [0.15, 0.2) is 0 Å². The Labute approximate surface area is 104 Å². The SMILES string of the molecule is CCC(C)(CN)C(=O)C1CCOC2(CCC2)C1. The highest BCUT2D eigenvalue weighted by atomic mass is 16.5. The molecule has 3 nitrogen and oxygen atoms in total. The van der Waals surface area contributed by atoms with Gasteiger partial charge < -0.3 is 10.5 Å². The van der Waals surface area contributed by atoms with Crippen molar-refractivity contribution in [3.8, 4) is 0 Å². The van der Waals surface area contributed by atoms with Gasteiger partial charge in [0, 0.05) is 24.5 Å². The highest BCUT2D eigenvalue weighted by Crippen LogP contribution is 2.45. The van der Waals surface area contributed by atoms with Crippen molar-refractivity contribution >= 4 is 5.78 Å². The summed E-state index contributed by atoms with van der Waals surface area (Å²) in [5.41, 5.74) is 5.52. The summed E-state index contributed by atoms with van der Waals surface area (Å²) in [6.45, 7) is 5.29. The summed E-state index contributed by atoms with van der Waals surface area (Å²) >= 11 is 0. The lowest BCUT2D eigenvalue weighted by atomic mass is 9.67. The van der Waals surface area contributed by atoms with Crippen LogP contribution in [0.5, 0.6) is 0 Å². The van der Waals surface area contributed by atoms with Gasteiger partial charge in [-0.25, -0.2) is 0 Å². The number of hydrogen-bond donors (Lipinski definition) is 1. The van der Waals surface area contributed by atoms with Crippen molar-refractivity contribution in [3.05, 3.63) is 0 Å². The molecule has 1 aliphatic heterocycles. The summed E-state index contributed by atoms with van der Waals surface area (Å²) in [5.74, 6) is 0.551. The van der Waals surface area contributed by atoms with E-state index in [1.54, 1.807) is 0 Å². The van der Waals surface area contributed by atoms with Crippen LogP contribution in [0.4, 0.5) is 0 Å². The Balaban J connectivity index is 2.04. The van der Waals surface area contributed by atoms with E-state index in [-0.39, 0.29) is 16.9 Å². The Bertz CT molecular complexity index is 293. The van der Waals surface area contributed by atoms with Gasteiger partial charge in [-0.3, -0.25) is 4.79 Å². The summed E-state index contributed by atoms with van der Waals surface area (Å²) in [7, 11) is 0. The first-order chi connectivity index (χ1) is 8.05. The lowest BCUT2D eigenvalue weighted by Crippen LogP contribution is -2.50.